The van der Waals surface area contributed by atoms with Crippen molar-refractivity contribution in [1.29, 1.82) is 0 Å². The highest BCUT2D eigenvalue weighted by Crippen LogP contribution is 2.07. The van der Waals surface area contributed by atoms with Gasteiger partial charge in [-0.05, 0) is 31.0 Å². The summed E-state index contributed by atoms with van der Waals surface area (Å²) < 4.78 is 1.78. The second kappa shape index (κ2) is 4.35. The lowest BCUT2D eigenvalue weighted by atomic mass is 10.1. The van der Waals surface area contributed by atoms with Gasteiger partial charge in [0.05, 0.1) is 0 Å². The topological polar surface area (TPSA) is 69.1 Å². The average molecular weight is 205 g/mol. The summed E-state index contributed by atoms with van der Waals surface area (Å²) in [5, 5.41) is 12.4. The van der Waals surface area contributed by atoms with E-state index in [1.54, 1.807) is 10.7 Å². The molecule has 2 heterocycles. The summed E-state index contributed by atoms with van der Waals surface area (Å²) in [5.41, 5.74) is 6.36. The number of hydrogen-bond donors (Lipinski definition) is 1. The van der Waals surface area contributed by atoms with Crippen LogP contribution < -0.4 is 5.73 Å². The van der Waals surface area contributed by atoms with E-state index in [1.165, 1.54) is 0 Å². The fraction of sp³-hybridized carbons (Fsp3) is 0.500. The summed E-state index contributed by atoms with van der Waals surface area (Å²) in [7, 11) is 0. The van der Waals surface area contributed by atoms with Crippen LogP contribution in [0.2, 0.25) is 0 Å². The minimum atomic E-state index is 0.515. The van der Waals surface area contributed by atoms with Crippen molar-refractivity contribution < 1.29 is 0 Å². The molecule has 15 heavy (non-hydrogen) atoms. The molecule has 0 spiro atoms. The van der Waals surface area contributed by atoms with Crippen LogP contribution in [0.15, 0.2) is 18.3 Å². The van der Waals surface area contributed by atoms with Crippen molar-refractivity contribution in [2.75, 3.05) is 6.54 Å². The Hall–Kier alpha value is -1.49. The molecule has 0 saturated carbocycles. The Morgan fingerprint density at radius 2 is 2.33 bits per heavy atom. The smallest absolute Gasteiger partial charge is 0.177 e. The Kier molecular flexibility index (Phi) is 2.91. The Balaban J connectivity index is 2.14. The van der Waals surface area contributed by atoms with E-state index in [0.717, 1.165) is 24.3 Å². The lowest BCUT2D eigenvalue weighted by Crippen LogP contribution is -2.12. The van der Waals surface area contributed by atoms with Crippen molar-refractivity contribution in [1.82, 2.24) is 19.8 Å². The van der Waals surface area contributed by atoms with Crippen molar-refractivity contribution in [3.05, 3.63) is 24.2 Å². The maximum atomic E-state index is 5.57. The van der Waals surface area contributed by atoms with Crippen LogP contribution in [0.25, 0.3) is 5.65 Å². The molecule has 0 bridgehead atoms. The van der Waals surface area contributed by atoms with Crippen LogP contribution in [0.5, 0.6) is 0 Å². The highest BCUT2D eigenvalue weighted by molar-refractivity contribution is 5.34. The Morgan fingerprint density at radius 3 is 3.13 bits per heavy atom. The van der Waals surface area contributed by atoms with Gasteiger partial charge in [-0.3, -0.25) is 0 Å². The largest absolute Gasteiger partial charge is 0.330 e. The van der Waals surface area contributed by atoms with Gasteiger partial charge in [-0.1, -0.05) is 6.92 Å². The van der Waals surface area contributed by atoms with E-state index >= 15 is 0 Å². The first-order chi connectivity index (χ1) is 7.31. The molecule has 1 unspecified atom stereocenters. The lowest BCUT2D eigenvalue weighted by molar-refractivity contribution is 0.531. The van der Waals surface area contributed by atoms with E-state index in [1.807, 2.05) is 12.1 Å². The van der Waals surface area contributed by atoms with Gasteiger partial charge in [-0.15, -0.1) is 10.2 Å². The van der Waals surface area contributed by atoms with Gasteiger partial charge in [0, 0.05) is 12.6 Å². The van der Waals surface area contributed by atoms with E-state index in [9.17, 15) is 0 Å². The van der Waals surface area contributed by atoms with Gasteiger partial charge in [-0.2, -0.15) is 9.61 Å². The minimum absolute atomic E-state index is 0.515. The molecule has 2 rings (SSSR count). The molecule has 5 heteroatoms. The molecule has 1 atom stereocenters. The molecule has 2 aromatic heterocycles. The molecule has 2 N–H and O–H groups in total. The first-order valence-electron chi connectivity index (χ1n) is 5.16. The maximum absolute atomic E-state index is 5.57. The van der Waals surface area contributed by atoms with E-state index < -0.39 is 0 Å². The molecule has 0 aliphatic heterocycles. The summed E-state index contributed by atoms with van der Waals surface area (Å²) in [6.45, 7) is 2.85. The number of hydrogen-bond acceptors (Lipinski definition) is 4. The molecule has 0 aliphatic rings. The van der Waals surface area contributed by atoms with Crippen LogP contribution in [0.1, 0.15) is 19.2 Å². The van der Waals surface area contributed by atoms with Crippen LogP contribution in [-0.2, 0) is 6.42 Å². The zero-order valence-electron chi connectivity index (χ0n) is 8.80. The van der Waals surface area contributed by atoms with Crippen LogP contribution in [0.4, 0.5) is 0 Å². The molecule has 0 radical (unpaired) electrons. The van der Waals surface area contributed by atoms with Crippen molar-refractivity contribution in [2.45, 2.75) is 19.8 Å². The molecule has 2 aromatic rings. The quantitative estimate of drug-likeness (QED) is 0.795. The van der Waals surface area contributed by atoms with Gasteiger partial charge < -0.3 is 5.73 Å². The average Bonchev–Trinajstić information content (AvgIpc) is 2.69. The summed E-state index contributed by atoms with van der Waals surface area (Å²) in [4.78, 5) is 0. The fourth-order valence-electron chi connectivity index (χ4n) is 1.44. The first-order valence-corrected chi connectivity index (χ1v) is 5.16. The predicted molar refractivity (Wildman–Crippen MR) is 57.3 cm³/mol. The third kappa shape index (κ3) is 2.12. The van der Waals surface area contributed by atoms with Crippen molar-refractivity contribution >= 4 is 5.65 Å². The molecule has 0 amide bonds. The standard InChI is InChI=1S/C10H15N5/c1-8(7-11)4-5-10-14-13-9-3-2-6-12-15(9)10/h2-3,6,8H,4-5,7,11H2,1H3. The van der Waals surface area contributed by atoms with Crippen LogP contribution in [-0.4, -0.2) is 26.4 Å². The summed E-state index contributed by atoms with van der Waals surface area (Å²) in [6.07, 6.45) is 3.64. The summed E-state index contributed by atoms with van der Waals surface area (Å²) in [5.74, 6) is 1.42. The molecular weight excluding hydrogens is 190 g/mol. The molecule has 5 nitrogen and oxygen atoms in total. The van der Waals surface area contributed by atoms with Gasteiger partial charge in [-0.25, -0.2) is 0 Å². The summed E-state index contributed by atoms with van der Waals surface area (Å²) >= 11 is 0. The third-order valence-corrected chi connectivity index (χ3v) is 2.51. The van der Waals surface area contributed by atoms with Gasteiger partial charge in [0.25, 0.3) is 0 Å². The maximum Gasteiger partial charge on any atom is 0.177 e. The van der Waals surface area contributed by atoms with Gasteiger partial charge in [0.15, 0.2) is 11.5 Å². The van der Waals surface area contributed by atoms with Crippen molar-refractivity contribution in [2.24, 2.45) is 11.7 Å². The van der Waals surface area contributed by atoms with Crippen molar-refractivity contribution in [3.63, 3.8) is 0 Å². The second-order valence-electron chi connectivity index (χ2n) is 3.79. The van der Waals surface area contributed by atoms with E-state index in [2.05, 4.69) is 22.2 Å². The number of nitrogens with zero attached hydrogens (tertiary/aromatic N) is 4. The highest BCUT2D eigenvalue weighted by atomic mass is 15.4. The lowest BCUT2D eigenvalue weighted by Gasteiger charge is -2.05. The van der Waals surface area contributed by atoms with Crippen LogP contribution in [0, 0.1) is 5.92 Å². The number of fused-ring (bicyclic) bond motifs is 1. The number of aryl methyl sites for hydroxylation is 1. The normalized spacial score (nSPS) is 13.2. The molecule has 0 aromatic carbocycles. The first kappa shape index (κ1) is 10.0. The van der Waals surface area contributed by atoms with E-state index in [4.69, 9.17) is 5.73 Å². The Morgan fingerprint density at radius 1 is 1.47 bits per heavy atom. The van der Waals surface area contributed by atoms with Crippen LogP contribution >= 0.6 is 0 Å². The van der Waals surface area contributed by atoms with Crippen molar-refractivity contribution in [3.8, 4) is 0 Å². The van der Waals surface area contributed by atoms with E-state index in [0.29, 0.717) is 12.5 Å². The van der Waals surface area contributed by atoms with Crippen LogP contribution in [0.3, 0.4) is 0 Å². The zero-order valence-corrected chi connectivity index (χ0v) is 8.80. The van der Waals surface area contributed by atoms with Gasteiger partial charge in [0.2, 0.25) is 0 Å². The predicted octanol–water partition coefficient (Wildman–Crippen LogP) is 0.652. The molecule has 0 saturated heterocycles. The zero-order chi connectivity index (χ0) is 10.7. The summed E-state index contributed by atoms with van der Waals surface area (Å²) in [6, 6.07) is 3.76. The Labute approximate surface area is 88.3 Å². The van der Waals surface area contributed by atoms with E-state index in [-0.39, 0.29) is 0 Å². The SMILES string of the molecule is CC(CN)CCc1nnc2cccnn12. The monoisotopic (exact) mass is 205 g/mol. The molecular formula is C10H15N5. The Bertz CT molecular complexity index is 436. The highest BCUT2D eigenvalue weighted by Gasteiger charge is 2.07. The molecule has 80 valence electrons. The molecule has 0 fully saturated rings. The number of nitrogens with two attached hydrogens (primary N) is 1. The fourth-order valence-corrected chi connectivity index (χ4v) is 1.44. The third-order valence-electron chi connectivity index (χ3n) is 2.51. The number of rotatable bonds is 4. The number of aromatic nitrogens is 4. The van der Waals surface area contributed by atoms with Gasteiger partial charge >= 0.3 is 0 Å². The minimum Gasteiger partial charge on any atom is -0.330 e. The van der Waals surface area contributed by atoms with Gasteiger partial charge in [0.1, 0.15) is 0 Å². The molecule has 0 aliphatic carbocycles. The second-order valence-corrected chi connectivity index (χ2v) is 3.79.